The zero-order valence-electron chi connectivity index (χ0n) is 16.0. The van der Waals surface area contributed by atoms with E-state index in [-0.39, 0.29) is 24.8 Å². The van der Waals surface area contributed by atoms with E-state index in [9.17, 15) is 4.39 Å². The van der Waals surface area contributed by atoms with Crippen molar-refractivity contribution in [3.63, 3.8) is 0 Å². The van der Waals surface area contributed by atoms with Crippen molar-refractivity contribution in [3.8, 4) is 11.5 Å². The first-order valence-electron chi connectivity index (χ1n) is 9.08. The van der Waals surface area contributed by atoms with Gasteiger partial charge < -0.3 is 14.8 Å². The van der Waals surface area contributed by atoms with Gasteiger partial charge in [-0.15, -0.1) is 12.4 Å². The molecule has 0 spiro atoms. The number of benzene rings is 2. The van der Waals surface area contributed by atoms with E-state index >= 15 is 0 Å². The van der Waals surface area contributed by atoms with Gasteiger partial charge in [0.25, 0.3) is 0 Å². The predicted octanol–water partition coefficient (Wildman–Crippen LogP) is 5.56. The average Bonchev–Trinajstić information content (AvgIpc) is 2.70. The Morgan fingerprint density at radius 3 is 2.45 bits per heavy atom. The van der Waals surface area contributed by atoms with E-state index in [0.717, 1.165) is 17.7 Å². The number of rotatable bonds is 9. The Kier molecular flexibility index (Phi) is 9.19. The normalized spacial score (nSPS) is 10.3. The first kappa shape index (κ1) is 22.9. The van der Waals surface area contributed by atoms with E-state index in [0.29, 0.717) is 35.2 Å². The molecule has 0 bridgehead atoms. The van der Waals surface area contributed by atoms with Gasteiger partial charge in [0.05, 0.1) is 11.6 Å². The van der Waals surface area contributed by atoms with E-state index in [1.807, 2.05) is 31.2 Å². The molecule has 3 rings (SSSR count). The van der Waals surface area contributed by atoms with Crippen LogP contribution in [0.1, 0.15) is 23.6 Å². The summed E-state index contributed by atoms with van der Waals surface area (Å²) in [5.74, 6) is 0.658. The summed E-state index contributed by atoms with van der Waals surface area (Å²) >= 11 is 6.44. The molecule has 29 heavy (non-hydrogen) atoms. The summed E-state index contributed by atoms with van der Waals surface area (Å²) in [7, 11) is 0. The number of hydrogen-bond acceptors (Lipinski definition) is 4. The van der Waals surface area contributed by atoms with Gasteiger partial charge in [-0.05, 0) is 48.4 Å². The van der Waals surface area contributed by atoms with Crippen LogP contribution in [-0.2, 0) is 19.7 Å². The van der Waals surface area contributed by atoms with Crippen LogP contribution in [0.25, 0.3) is 0 Å². The van der Waals surface area contributed by atoms with Gasteiger partial charge >= 0.3 is 0 Å². The molecule has 4 nitrogen and oxygen atoms in total. The fourth-order valence-electron chi connectivity index (χ4n) is 2.74. The molecule has 0 saturated heterocycles. The summed E-state index contributed by atoms with van der Waals surface area (Å²) in [5, 5.41) is 3.80. The molecule has 1 N–H and O–H groups in total. The molecule has 0 aliphatic rings. The second-order valence-electron chi connectivity index (χ2n) is 6.18. The first-order chi connectivity index (χ1) is 13.7. The molecule has 0 atom stereocenters. The molecular formula is C22H23Cl2FN2O2. The van der Waals surface area contributed by atoms with E-state index in [2.05, 4.69) is 10.3 Å². The van der Waals surface area contributed by atoms with Crippen LogP contribution in [-0.4, -0.2) is 11.6 Å². The summed E-state index contributed by atoms with van der Waals surface area (Å²) < 4.78 is 25.3. The predicted molar refractivity (Wildman–Crippen MR) is 115 cm³/mol. The quantitative estimate of drug-likeness (QED) is 0.476. The largest absolute Gasteiger partial charge is 0.490 e. The summed E-state index contributed by atoms with van der Waals surface area (Å²) in [6.07, 6.45) is 3.53. The van der Waals surface area contributed by atoms with Crippen molar-refractivity contribution < 1.29 is 13.9 Å². The number of pyridine rings is 1. The van der Waals surface area contributed by atoms with Gasteiger partial charge in [0.1, 0.15) is 12.4 Å². The summed E-state index contributed by atoms with van der Waals surface area (Å²) in [4.78, 5) is 4.01. The van der Waals surface area contributed by atoms with Crippen molar-refractivity contribution in [2.75, 3.05) is 6.61 Å². The van der Waals surface area contributed by atoms with Crippen LogP contribution in [0.2, 0.25) is 5.02 Å². The van der Waals surface area contributed by atoms with Crippen molar-refractivity contribution in [1.29, 1.82) is 0 Å². The third kappa shape index (κ3) is 6.60. The summed E-state index contributed by atoms with van der Waals surface area (Å²) in [6, 6.07) is 14.2. The number of nitrogens with zero attached hydrogens (tertiary/aromatic N) is 1. The molecule has 0 radical (unpaired) electrons. The highest BCUT2D eigenvalue weighted by Crippen LogP contribution is 2.37. The minimum atomic E-state index is -0.312. The van der Waals surface area contributed by atoms with Gasteiger partial charge in [0.2, 0.25) is 0 Å². The third-order valence-electron chi connectivity index (χ3n) is 4.11. The monoisotopic (exact) mass is 436 g/mol. The maximum Gasteiger partial charge on any atom is 0.180 e. The number of hydrogen-bond donors (Lipinski definition) is 1. The van der Waals surface area contributed by atoms with E-state index in [4.69, 9.17) is 21.1 Å². The van der Waals surface area contributed by atoms with Crippen LogP contribution in [0.3, 0.4) is 0 Å². The highest BCUT2D eigenvalue weighted by atomic mass is 35.5. The minimum Gasteiger partial charge on any atom is -0.490 e. The molecule has 0 amide bonds. The molecule has 1 heterocycles. The molecule has 0 saturated carbocycles. The smallest absolute Gasteiger partial charge is 0.180 e. The van der Waals surface area contributed by atoms with Gasteiger partial charge in [-0.1, -0.05) is 29.8 Å². The molecule has 154 valence electrons. The van der Waals surface area contributed by atoms with Crippen LogP contribution in [0.4, 0.5) is 4.39 Å². The highest BCUT2D eigenvalue weighted by Gasteiger charge is 2.14. The van der Waals surface area contributed by atoms with Crippen LogP contribution in [0.5, 0.6) is 11.5 Å². The number of ether oxygens (including phenoxy) is 2. The Morgan fingerprint density at radius 1 is 1.00 bits per heavy atom. The standard InChI is InChI=1S/C22H22ClFN2O2.ClH/c1-2-27-21-12-17(14-26-13-16-7-9-25-10-8-16)11-19(23)22(21)28-15-18-5-3-4-6-20(18)24;/h3-12,26H,2,13-15H2,1H3;1H. The van der Waals surface area contributed by atoms with Crippen molar-refractivity contribution in [1.82, 2.24) is 10.3 Å². The van der Waals surface area contributed by atoms with E-state index in [1.54, 1.807) is 30.6 Å². The zero-order valence-corrected chi connectivity index (χ0v) is 17.6. The lowest BCUT2D eigenvalue weighted by Gasteiger charge is -2.16. The van der Waals surface area contributed by atoms with Gasteiger partial charge in [0, 0.05) is 31.0 Å². The molecule has 0 aliphatic heterocycles. The van der Waals surface area contributed by atoms with Crippen LogP contribution < -0.4 is 14.8 Å². The topological polar surface area (TPSA) is 43.4 Å². The zero-order chi connectivity index (χ0) is 19.8. The molecule has 0 unspecified atom stereocenters. The minimum absolute atomic E-state index is 0. The Morgan fingerprint density at radius 2 is 1.72 bits per heavy atom. The summed E-state index contributed by atoms with van der Waals surface area (Å²) in [6.45, 7) is 3.78. The average molecular weight is 437 g/mol. The molecule has 7 heteroatoms. The Bertz CT molecular complexity index is 911. The lowest BCUT2D eigenvalue weighted by molar-refractivity contribution is 0.266. The first-order valence-corrected chi connectivity index (χ1v) is 9.46. The molecular weight excluding hydrogens is 414 g/mol. The van der Waals surface area contributed by atoms with Gasteiger partial charge in [0.15, 0.2) is 11.5 Å². The maximum absolute atomic E-state index is 13.8. The van der Waals surface area contributed by atoms with Gasteiger partial charge in [-0.2, -0.15) is 0 Å². The Balaban J connectivity index is 0.00000300. The SMILES string of the molecule is CCOc1cc(CNCc2ccncc2)cc(Cl)c1OCc1ccccc1F.Cl. The van der Waals surface area contributed by atoms with Crippen molar-refractivity contribution in [2.24, 2.45) is 0 Å². The maximum atomic E-state index is 13.8. The second kappa shape index (κ2) is 11.6. The van der Waals surface area contributed by atoms with E-state index in [1.165, 1.54) is 6.07 Å². The fraction of sp³-hybridized carbons (Fsp3) is 0.227. The lowest BCUT2D eigenvalue weighted by atomic mass is 10.2. The van der Waals surface area contributed by atoms with Crippen LogP contribution >= 0.6 is 24.0 Å². The second-order valence-corrected chi connectivity index (χ2v) is 6.58. The van der Waals surface area contributed by atoms with Crippen LogP contribution in [0, 0.1) is 5.82 Å². The Hall–Kier alpha value is -2.34. The Labute approximate surface area is 181 Å². The molecule has 3 aromatic rings. The number of nitrogens with one attached hydrogen (secondary N) is 1. The molecule has 1 aromatic heterocycles. The van der Waals surface area contributed by atoms with E-state index < -0.39 is 0 Å². The lowest BCUT2D eigenvalue weighted by Crippen LogP contribution is -2.13. The fourth-order valence-corrected chi connectivity index (χ4v) is 3.03. The van der Waals surface area contributed by atoms with Gasteiger partial charge in [-0.25, -0.2) is 4.39 Å². The van der Waals surface area contributed by atoms with Crippen molar-refractivity contribution >= 4 is 24.0 Å². The molecule has 2 aromatic carbocycles. The van der Waals surface area contributed by atoms with Crippen molar-refractivity contribution in [3.05, 3.63) is 88.5 Å². The highest BCUT2D eigenvalue weighted by molar-refractivity contribution is 6.32. The molecule has 0 aliphatic carbocycles. The van der Waals surface area contributed by atoms with Crippen molar-refractivity contribution in [2.45, 2.75) is 26.6 Å². The third-order valence-corrected chi connectivity index (χ3v) is 4.39. The summed E-state index contributed by atoms with van der Waals surface area (Å²) in [5.41, 5.74) is 2.58. The number of aromatic nitrogens is 1. The van der Waals surface area contributed by atoms with Gasteiger partial charge in [-0.3, -0.25) is 4.98 Å². The molecule has 0 fully saturated rings. The number of halogens is 3. The van der Waals surface area contributed by atoms with Crippen LogP contribution in [0.15, 0.2) is 60.9 Å².